The highest BCUT2D eigenvalue weighted by Gasteiger charge is 1.96. The maximum atomic E-state index is 3.69. The van der Waals surface area contributed by atoms with Gasteiger partial charge in [-0.15, -0.1) is 6.58 Å². The summed E-state index contributed by atoms with van der Waals surface area (Å²) in [4.78, 5) is 0. The molecule has 0 N–H and O–H groups in total. The first kappa shape index (κ1) is 18.1. The molecule has 0 amide bonds. The van der Waals surface area contributed by atoms with Crippen LogP contribution in [-0.4, -0.2) is 0 Å². The van der Waals surface area contributed by atoms with Gasteiger partial charge in [0.05, 0.1) is 0 Å². The van der Waals surface area contributed by atoms with Crippen molar-refractivity contribution in [1.29, 1.82) is 0 Å². The van der Waals surface area contributed by atoms with Gasteiger partial charge in [-0.3, -0.25) is 0 Å². The number of hydrogen-bond donors (Lipinski definition) is 0. The topological polar surface area (TPSA) is 0 Å². The Morgan fingerprint density at radius 3 is 1.54 bits per heavy atom. The van der Waals surface area contributed by atoms with E-state index >= 15 is 0 Å². The molecular weight excluding hydrogens is 156 g/mol. The second kappa shape index (κ2) is 17.3. The van der Waals surface area contributed by atoms with Crippen molar-refractivity contribution in [2.45, 2.75) is 41.5 Å². The molecule has 0 aromatic heterocycles. The fraction of sp³-hybridized carbons (Fsp3) is 0.538. The van der Waals surface area contributed by atoms with Crippen molar-refractivity contribution in [2.24, 2.45) is 5.92 Å². The summed E-state index contributed by atoms with van der Waals surface area (Å²) in [6.07, 6.45) is 5.84. The first-order valence-corrected chi connectivity index (χ1v) is 5.17. The lowest BCUT2D eigenvalue weighted by molar-refractivity contribution is 0.892. The fourth-order valence-electron chi connectivity index (χ4n) is 0.703. The molecular formula is C13H26. The van der Waals surface area contributed by atoms with E-state index in [0.717, 1.165) is 0 Å². The zero-order valence-corrected chi connectivity index (χ0v) is 10.2. The first-order chi connectivity index (χ1) is 6.26. The highest BCUT2D eigenvalue weighted by molar-refractivity contribution is 5.21. The van der Waals surface area contributed by atoms with Crippen molar-refractivity contribution in [1.82, 2.24) is 0 Å². The molecule has 0 saturated heterocycles. The molecule has 78 valence electrons. The Morgan fingerprint density at radius 2 is 1.46 bits per heavy atom. The second-order valence-electron chi connectivity index (χ2n) is 2.02. The van der Waals surface area contributed by atoms with E-state index in [4.69, 9.17) is 0 Å². The van der Waals surface area contributed by atoms with Gasteiger partial charge in [0.2, 0.25) is 0 Å². The minimum absolute atomic E-state index is 0.437. The molecule has 0 bridgehead atoms. The summed E-state index contributed by atoms with van der Waals surface area (Å²) >= 11 is 0. The summed E-state index contributed by atoms with van der Waals surface area (Å²) in [5, 5.41) is 0. The average molecular weight is 182 g/mol. The number of allylic oxidation sites excluding steroid dienone is 4. The maximum Gasteiger partial charge on any atom is -0.00166 e. The van der Waals surface area contributed by atoms with Crippen molar-refractivity contribution >= 4 is 0 Å². The van der Waals surface area contributed by atoms with Crippen molar-refractivity contribution in [3.63, 3.8) is 0 Å². The predicted octanol–water partition coefficient (Wildman–Crippen LogP) is 4.99. The maximum absolute atomic E-state index is 3.69. The summed E-state index contributed by atoms with van der Waals surface area (Å²) < 4.78 is 0. The Bertz CT molecular complexity index is 129. The van der Waals surface area contributed by atoms with Crippen LogP contribution < -0.4 is 0 Å². The van der Waals surface area contributed by atoms with E-state index in [9.17, 15) is 0 Å². The standard InChI is InChI=1S/C9H14.2C2H6/c1-5-8(4)9(6-2)7-3;2*1-2/h5-8H,1-2H2,3-4H3;2*1-2H3/b9-7+;;. The minimum Gasteiger partial charge on any atom is -0.102 e. The van der Waals surface area contributed by atoms with E-state index in [1.807, 2.05) is 46.8 Å². The fourth-order valence-corrected chi connectivity index (χ4v) is 0.703. The van der Waals surface area contributed by atoms with Crippen LogP contribution in [0.3, 0.4) is 0 Å². The SMILES string of the molecule is C=C/C(=C\C)C(C)C=C.CC.CC. The lowest BCUT2D eigenvalue weighted by atomic mass is 10.0. The molecule has 1 atom stereocenters. The Hall–Kier alpha value is -0.780. The molecule has 0 heterocycles. The normalized spacial score (nSPS) is 11.1. The van der Waals surface area contributed by atoms with Crippen molar-refractivity contribution < 1.29 is 0 Å². The lowest BCUT2D eigenvalue weighted by Crippen LogP contribution is -1.89. The molecule has 13 heavy (non-hydrogen) atoms. The zero-order chi connectivity index (χ0) is 11.3. The zero-order valence-electron chi connectivity index (χ0n) is 10.2. The predicted molar refractivity (Wildman–Crippen MR) is 66.0 cm³/mol. The van der Waals surface area contributed by atoms with E-state index < -0.39 is 0 Å². The molecule has 0 spiro atoms. The summed E-state index contributed by atoms with van der Waals surface area (Å²) in [6, 6.07) is 0. The highest BCUT2D eigenvalue weighted by atomic mass is 14.0. The average Bonchev–Trinajstić information content (AvgIpc) is 2.25. The van der Waals surface area contributed by atoms with Crippen LogP contribution in [0.25, 0.3) is 0 Å². The van der Waals surface area contributed by atoms with Crippen molar-refractivity contribution in [3.8, 4) is 0 Å². The van der Waals surface area contributed by atoms with Gasteiger partial charge >= 0.3 is 0 Å². The van der Waals surface area contributed by atoms with Crippen molar-refractivity contribution in [3.05, 3.63) is 37.0 Å². The van der Waals surface area contributed by atoms with Crippen LogP contribution in [0.4, 0.5) is 0 Å². The molecule has 0 aliphatic carbocycles. The summed E-state index contributed by atoms with van der Waals surface area (Å²) in [7, 11) is 0. The Balaban J connectivity index is -0.000000218. The van der Waals surface area contributed by atoms with Gasteiger partial charge in [-0.1, -0.05) is 59.4 Å². The third kappa shape index (κ3) is 11.2. The molecule has 0 radical (unpaired) electrons. The third-order valence-electron chi connectivity index (χ3n) is 1.45. The quantitative estimate of drug-likeness (QED) is 0.426. The second-order valence-corrected chi connectivity index (χ2v) is 2.02. The van der Waals surface area contributed by atoms with Crippen LogP contribution in [0, 0.1) is 5.92 Å². The molecule has 0 aliphatic heterocycles. The highest BCUT2D eigenvalue weighted by Crippen LogP contribution is 2.10. The van der Waals surface area contributed by atoms with E-state index in [-0.39, 0.29) is 0 Å². The van der Waals surface area contributed by atoms with Crippen molar-refractivity contribution in [2.75, 3.05) is 0 Å². The number of hydrogen-bond acceptors (Lipinski definition) is 0. The molecule has 1 unspecified atom stereocenters. The van der Waals surface area contributed by atoms with Gasteiger partial charge < -0.3 is 0 Å². The van der Waals surface area contributed by atoms with E-state index in [2.05, 4.69) is 26.2 Å². The van der Waals surface area contributed by atoms with Crippen LogP contribution in [0.5, 0.6) is 0 Å². The van der Waals surface area contributed by atoms with E-state index in [0.29, 0.717) is 5.92 Å². The molecule has 0 nitrogen and oxygen atoms in total. The summed E-state index contributed by atoms with van der Waals surface area (Å²) in [5.74, 6) is 0.437. The molecule has 0 heteroatoms. The summed E-state index contributed by atoms with van der Waals surface area (Å²) in [6.45, 7) is 19.5. The van der Waals surface area contributed by atoms with Crippen LogP contribution >= 0.6 is 0 Å². The lowest BCUT2D eigenvalue weighted by Gasteiger charge is -2.04. The van der Waals surface area contributed by atoms with Gasteiger partial charge in [0.25, 0.3) is 0 Å². The summed E-state index contributed by atoms with van der Waals surface area (Å²) in [5.41, 5.74) is 1.24. The van der Waals surface area contributed by atoms with Crippen LogP contribution in [0.2, 0.25) is 0 Å². The van der Waals surface area contributed by atoms with Gasteiger partial charge in [-0.2, -0.15) is 0 Å². The van der Waals surface area contributed by atoms with E-state index in [1.54, 1.807) is 0 Å². The minimum atomic E-state index is 0.437. The van der Waals surface area contributed by atoms with E-state index in [1.165, 1.54) is 5.57 Å². The van der Waals surface area contributed by atoms with Gasteiger partial charge in [-0.25, -0.2) is 0 Å². The van der Waals surface area contributed by atoms with Crippen LogP contribution in [-0.2, 0) is 0 Å². The van der Waals surface area contributed by atoms with Gasteiger partial charge in [0.1, 0.15) is 0 Å². The first-order valence-electron chi connectivity index (χ1n) is 5.17. The molecule has 0 fully saturated rings. The number of rotatable bonds is 3. The molecule has 0 rings (SSSR count). The largest absolute Gasteiger partial charge is 0.102 e. The molecule has 0 aromatic carbocycles. The third-order valence-corrected chi connectivity index (χ3v) is 1.45. The van der Waals surface area contributed by atoms with Crippen LogP contribution in [0.1, 0.15) is 41.5 Å². The smallest absolute Gasteiger partial charge is 0.00166 e. The Kier molecular flexibility index (Phi) is 24.1. The van der Waals surface area contributed by atoms with Gasteiger partial charge in [0, 0.05) is 0 Å². The molecule has 0 aromatic rings. The molecule has 0 aliphatic rings. The van der Waals surface area contributed by atoms with Gasteiger partial charge in [0.15, 0.2) is 0 Å². The monoisotopic (exact) mass is 182 g/mol. The Labute approximate surface area is 85.1 Å². The van der Waals surface area contributed by atoms with Gasteiger partial charge in [-0.05, 0) is 18.4 Å². The van der Waals surface area contributed by atoms with Crippen LogP contribution in [0.15, 0.2) is 37.0 Å². The Morgan fingerprint density at radius 1 is 1.08 bits per heavy atom. The molecule has 0 saturated carbocycles.